The van der Waals surface area contributed by atoms with Crippen LogP contribution < -0.4 is 11.1 Å². The molecule has 5 nitrogen and oxygen atoms in total. The van der Waals surface area contributed by atoms with Gasteiger partial charge < -0.3 is 16.0 Å². The number of likely N-dealkylation sites (N-methyl/N-ethyl adjacent to an activating group) is 1. The molecule has 0 radical (unpaired) electrons. The number of piperidine rings is 1. The van der Waals surface area contributed by atoms with Crippen molar-refractivity contribution in [1.29, 1.82) is 0 Å². The summed E-state index contributed by atoms with van der Waals surface area (Å²) in [5, 5.41) is 3.38. The lowest BCUT2D eigenvalue weighted by molar-refractivity contribution is 0.261. The number of rotatable bonds is 2. The van der Waals surface area contributed by atoms with Gasteiger partial charge in [-0.1, -0.05) is 0 Å². The predicted octanol–water partition coefficient (Wildman–Crippen LogP) is 0.565. The molecule has 0 spiro atoms. The zero-order chi connectivity index (χ0) is 10.7. The van der Waals surface area contributed by atoms with Crippen LogP contribution >= 0.6 is 0 Å². The normalized spacial score (nSPS) is 22.6. The number of likely N-dealkylation sites (tertiary alicyclic amines) is 1. The van der Waals surface area contributed by atoms with E-state index in [1.807, 2.05) is 6.07 Å². The highest BCUT2D eigenvalue weighted by Gasteiger charge is 2.16. The van der Waals surface area contributed by atoms with E-state index < -0.39 is 0 Å². The smallest absolute Gasteiger partial charge is 0.221 e. The maximum Gasteiger partial charge on any atom is 0.221 e. The van der Waals surface area contributed by atoms with Gasteiger partial charge >= 0.3 is 0 Å². The Balaban J connectivity index is 1.96. The Labute approximate surface area is 89.7 Å². The number of hydrogen-bond donors (Lipinski definition) is 2. The van der Waals surface area contributed by atoms with E-state index in [1.165, 1.54) is 19.4 Å². The van der Waals surface area contributed by atoms with Crippen LogP contribution in [0.25, 0.3) is 0 Å². The molecule has 0 aromatic carbocycles. The van der Waals surface area contributed by atoms with Crippen LogP contribution in [0.3, 0.4) is 0 Å². The topological polar surface area (TPSA) is 67.1 Å². The molecule has 1 aromatic rings. The van der Waals surface area contributed by atoms with Gasteiger partial charge in [0.25, 0.3) is 0 Å². The van der Waals surface area contributed by atoms with E-state index in [0.29, 0.717) is 12.0 Å². The monoisotopic (exact) mass is 207 g/mol. The molecule has 2 heterocycles. The number of nitrogen functional groups attached to an aromatic ring is 1. The van der Waals surface area contributed by atoms with Gasteiger partial charge in [-0.2, -0.15) is 4.98 Å². The number of nitrogens with zero attached hydrogens (tertiary/aromatic N) is 3. The van der Waals surface area contributed by atoms with Gasteiger partial charge in [0, 0.05) is 18.8 Å². The largest absolute Gasteiger partial charge is 0.368 e. The summed E-state index contributed by atoms with van der Waals surface area (Å²) in [4.78, 5) is 10.3. The standard InChI is InChI=1S/C10H17N5/c1-15-6-2-3-8(7-15)13-9-4-5-12-10(11)14-9/h4-5,8H,2-3,6-7H2,1H3,(H3,11,12,13,14)/t8-/m1/s1. The van der Waals surface area contributed by atoms with Crippen LogP contribution in [0, 0.1) is 0 Å². The Bertz CT molecular complexity index is 327. The molecule has 1 aromatic heterocycles. The maximum absolute atomic E-state index is 5.52. The van der Waals surface area contributed by atoms with Gasteiger partial charge in [0.2, 0.25) is 5.95 Å². The van der Waals surface area contributed by atoms with E-state index in [2.05, 4.69) is 27.2 Å². The van der Waals surface area contributed by atoms with Crippen LogP contribution in [0.4, 0.5) is 11.8 Å². The minimum Gasteiger partial charge on any atom is -0.368 e. The number of anilines is 2. The second-order valence-corrected chi connectivity index (χ2v) is 4.05. The van der Waals surface area contributed by atoms with Crippen LogP contribution in [0.2, 0.25) is 0 Å². The molecular weight excluding hydrogens is 190 g/mol. The molecule has 1 aliphatic heterocycles. The van der Waals surface area contributed by atoms with E-state index in [4.69, 9.17) is 5.73 Å². The summed E-state index contributed by atoms with van der Waals surface area (Å²) in [6.45, 7) is 2.24. The Morgan fingerprint density at radius 1 is 1.60 bits per heavy atom. The minimum absolute atomic E-state index is 0.323. The lowest BCUT2D eigenvalue weighted by Gasteiger charge is -2.30. The highest BCUT2D eigenvalue weighted by molar-refractivity contribution is 5.38. The minimum atomic E-state index is 0.323. The van der Waals surface area contributed by atoms with Gasteiger partial charge in [0.15, 0.2) is 0 Å². The highest BCUT2D eigenvalue weighted by atomic mass is 15.2. The quantitative estimate of drug-likeness (QED) is 0.742. The molecule has 15 heavy (non-hydrogen) atoms. The van der Waals surface area contributed by atoms with Crippen molar-refractivity contribution in [1.82, 2.24) is 14.9 Å². The molecule has 2 rings (SSSR count). The summed E-state index contributed by atoms with van der Waals surface area (Å²) in [5.74, 6) is 1.15. The maximum atomic E-state index is 5.52. The molecule has 0 saturated carbocycles. The van der Waals surface area contributed by atoms with Crippen LogP contribution in [0.15, 0.2) is 12.3 Å². The second-order valence-electron chi connectivity index (χ2n) is 4.05. The first-order chi connectivity index (χ1) is 7.24. The fraction of sp³-hybridized carbons (Fsp3) is 0.600. The first-order valence-corrected chi connectivity index (χ1v) is 5.27. The van der Waals surface area contributed by atoms with Crippen molar-refractivity contribution in [3.05, 3.63) is 12.3 Å². The zero-order valence-corrected chi connectivity index (χ0v) is 8.98. The predicted molar refractivity (Wildman–Crippen MR) is 60.6 cm³/mol. The first kappa shape index (κ1) is 10.2. The van der Waals surface area contributed by atoms with Crippen LogP contribution in [0.5, 0.6) is 0 Å². The molecular formula is C10H17N5. The summed E-state index contributed by atoms with van der Waals surface area (Å²) < 4.78 is 0. The van der Waals surface area contributed by atoms with Gasteiger partial charge in [0.1, 0.15) is 5.82 Å². The lowest BCUT2D eigenvalue weighted by Crippen LogP contribution is -2.39. The third-order valence-corrected chi connectivity index (χ3v) is 2.65. The first-order valence-electron chi connectivity index (χ1n) is 5.27. The molecule has 1 fully saturated rings. The Morgan fingerprint density at radius 2 is 2.47 bits per heavy atom. The Kier molecular flexibility index (Phi) is 3.01. The summed E-state index contributed by atoms with van der Waals surface area (Å²) in [7, 11) is 2.14. The van der Waals surface area contributed by atoms with E-state index in [9.17, 15) is 0 Å². The fourth-order valence-corrected chi connectivity index (χ4v) is 1.95. The van der Waals surface area contributed by atoms with E-state index in [1.54, 1.807) is 6.20 Å². The molecule has 0 bridgehead atoms. The summed E-state index contributed by atoms with van der Waals surface area (Å²) in [5.41, 5.74) is 5.52. The zero-order valence-electron chi connectivity index (χ0n) is 8.98. The second kappa shape index (κ2) is 4.44. The van der Waals surface area contributed by atoms with Crippen molar-refractivity contribution in [3.8, 4) is 0 Å². The van der Waals surface area contributed by atoms with Crippen molar-refractivity contribution in [3.63, 3.8) is 0 Å². The molecule has 0 unspecified atom stereocenters. The lowest BCUT2D eigenvalue weighted by atomic mass is 10.1. The molecule has 0 amide bonds. The molecule has 0 aliphatic carbocycles. The Hall–Kier alpha value is -1.36. The summed E-state index contributed by atoms with van der Waals surface area (Å²) >= 11 is 0. The average molecular weight is 207 g/mol. The average Bonchev–Trinajstić information content (AvgIpc) is 2.17. The van der Waals surface area contributed by atoms with Crippen molar-refractivity contribution < 1.29 is 0 Å². The van der Waals surface area contributed by atoms with Crippen molar-refractivity contribution in [2.24, 2.45) is 0 Å². The number of aromatic nitrogens is 2. The number of nitrogens with two attached hydrogens (primary N) is 1. The van der Waals surface area contributed by atoms with E-state index in [0.717, 1.165) is 12.4 Å². The molecule has 1 saturated heterocycles. The van der Waals surface area contributed by atoms with Gasteiger partial charge in [0.05, 0.1) is 0 Å². The van der Waals surface area contributed by atoms with Gasteiger partial charge in [-0.05, 0) is 32.5 Å². The molecule has 1 atom stereocenters. The van der Waals surface area contributed by atoms with Gasteiger partial charge in [-0.3, -0.25) is 0 Å². The highest BCUT2D eigenvalue weighted by Crippen LogP contribution is 2.13. The van der Waals surface area contributed by atoms with Crippen LogP contribution in [-0.2, 0) is 0 Å². The summed E-state index contributed by atoms with van der Waals surface area (Å²) in [6.07, 6.45) is 4.10. The van der Waals surface area contributed by atoms with Crippen LogP contribution in [-0.4, -0.2) is 41.0 Å². The third-order valence-electron chi connectivity index (χ3n) is 2.65. The van der Waals surface area contributed by atoms with Crippen molar-refractivity contribution in [2.45, 2.75) is 18.9 Å². The molecule has 1 aliphatic rings. The summed E-state index contributed by atoms with van der Waals surface area (Å²) in [6, 6.07) is 2.32. The number of hydrogen-bond acceptors (Lipinski definition) is 5. The van der Waals surface area contributed by atoms with E-state index >= 15 is 0 Å². The number of nitrogens with one attached hydrogen (secondary N) is 1. The fourth-order valence-electron chi connectivity index (χ4n) is 1.95. The molecule has 3 N–H and O–H groups in total. The SMILES string of the molecule is CN1CCC[C@@H](Nc2ccnc(N)n2)C1. The van der Waals surface area contributed by atoms with Crippen molar-refractivity contribution >= 4 is 11.8 Å². The van der Waals surface area contributed by atoms with Gasteiger partial charge in [-0.25, -0.2) is 4.98 Å². The Morgan fingerprint density at radius 3 is 3.20 bits per heavy atom. The van der Waals surface area contributed by atoms with Gasteiger partial charge in [-0.15, -0.1) is 0 Å². The van der Waals surface area contributed by atoms with E-state index in [-0.39, 0.29) is 0 Å². The van der Waals surface area contributed by atoms with Crippen molar-refractivity contribution in [2.75, 3.05) is 31.2 Å². The molecule has 82 valence electrons. The van der Waals surface area contributed by atoms with Crippen LogP contribution in [0.1, 0.15) is 12.8 Å². The third kappa shape index (κ3) is 2.79. The molecule has 5 heteroatoms.